The normalized spacial score (nSPS) is 12.1. The fourth-order valence-electron chi connectivity index (χ4n) is 3.08. The van der Waals surface area contributed by atoms with E-state index >= 15 is 0 Å². The Balaban J connectivity index is 1.59. The molecule has 2 aromatic carbocycles. The van der Waals surface area contributed by atoms with Crippen LogP contribution in [0.1, 0.15) is 45.2 Å². The third-order valence-corrected chi connectivity index (χ3v) is 5.02. The third-order valence-electron chi connectivity index (χ3n) is 5.02. The molecule has 33 heavy (non-hydrogen) atoms. The number of aromatic nitrogens is 4. The average Bonchev–Trinajstić information content (AvgIpc) is 3.22. The van der Waals surface area contributed by atoms with Gasteiger partial charge in [0.1, 0.15) is 18.9 Å². The van der Waals surface area contributed by atoms with Gasteiger partial charge in [0.15, 0.2) is 5.78 Å². The molecule has 3 rings (SSSR count). The van der Waals surface area contributed by atoms with Crippen molar-refractivity contribution in [2.24, 2.45) is 0 Å². The first-order valence-corrected chi connectivity index (χ1v) is 10.8. The lowest BCUT2D eigenvalue weighted by Gasteiger charge is -2.19. The Morgan fingerprint density at radius 2 is 1.85 bits per heavy atom. The molecule has 0 bridgehead atoms. The smallest absolute Gasteiger partial charge is 0.408 e. The van der Waals surface area contributed by atoms with Gasteiger partial charge in [0.25, 0.3) is 0 Å². The molecule has 9 heteroatoms. The summed E-state index contributed by atoms with van der Waals surface area (Å²) in [5, 5.41) is 14.0. The van der Waals surface area contributed by atoms with Crippen LogP contribution in [0, 0.1) is 0 Å². The number of ketones is 1. The van der Waals surface area contributed by atoms with Crippen molar-refractivity contribution in [1.29, 1.82) is 0 Å². The molecule has 0 radical (unpaired) electrons. The van der Waals surface area contributed by atoms with Crippen molar-refractivity contribution in [2.75, 3.05) is 0 Å². The van der Waals surface area contributed by atoms with Gasteiger partial charge in [-0.15, -0.1) is 0 Å². The van der Waals surface area contributed by atoms with Crippen molar-refractivity contribution in [2.45, 2.75) is 58.7 Å². The summed E-state index contributed by atoms with van der Waals surface area (Å²) in [6, 6.07) is 16.3. The van der Waals surface area contributed by atoms with Crippen molar-refractivity contribution >= 4 is 11.9 Å². The molecule has 0 spiro atoms. The third kappa shape index (κ3) is 6.86. The lowest BCUT2D eigenvalue weighted by atomic mass is 9.87. The maximum Gasteiger partial charge on any atom is 0.408 e. The lowest BCUT2D eigenvalue weighted by Crippen LogP contribution is -2.42. The van der Waals surface area contributed by atoms with Crippen LogP contribution in [0.5, 0.6) is 11.8 Å². The van der Waals surface area contributed by atoms with Gasteiger partial charge in [0.2, 0.25) is 0 Å². The van der Waals surface area contributed by atoms with E-state index in [-0.39, 0.29) is 30.4 Å². The summed E-state index contributed by atoms with van der Waals surface area (Å²) < 4.78 is 12.3. The predicted octanol–water partition coefficient (Wildman–Crippen LogP) is 4.04. The number of nitrogens with one attached hydrogen (secondary N) is 1. The number of carbonyl (C=O) groups excluding carboxylic acids is 2. The Bertz CT molecular complexity index is 1080. The van der Waals surface area contributed by atoms with Crippen molar-refractivity contribution < 1.29 is 19.1 Å². The summed E-state index contributed by atoms with van der Waals surface area (Å²) in [5.74, 6) is 0.301. The number of tetrazole rings is 1. The van der Waals surface area contributed by atoms with Crippen LogP contribution in [0.15, 0.2) is 54.6 Å². The molecule has 1 unspecified atom stereocenters. The molecule has 0 aliphatic heterocycles. The molecular weight excluding hydrogens is 422 g/mol. The largest absolute Gasteiger partial charge is 0.445 e. The summed E-state index contributed by atoms with van der Waals surface area (Å²) in [6.07, 6.45) is -0.267. The Kier molecular flexibility index (Phi) is 7.76. The van der Waals surface area contributed by atoms with E-state index in [9.17, 15) is 9.59 Å². The van der Waals surface area contributed by atoms with Gasteiger partial charge in [-0.2, -0.15) is 4.68 Å². The van der Waals surface area contributed by atoms with Crippen LogP contribution in [0.25, 0.3) is 0 Å². The molecule has 0 aliphatic rings. The molecule has 0 fully saturated rings. The number of nitrogens with zero attached hydrogens (tertiary/aromatic N) is 4. The van der Waals surface area contributed by atoms with E-state index in [1.54, 1.807) is 13.0 Å². The molecule has 1 aromatic heterocycles. The highest BCUT2D eigenvalue weighted by Crippen LogP contribution is 2.27. The second kappa shape index (κ2) is 10.7. The average molecular weight is 452 g/mol. The van der Waals surface area contributed by atoms with Gasteiger partial charge in [-0.3, -0.25) is 4.79 Å². The number of benzene rings is 2. The monoisotopic (exact) mass is 451 g/mol. The number of hydrogen-bond donors (Lipinski definition) is 1. The molecule has 0 saturated carbocycles. The Morgan fingerprint density at radius 1 is 1.09 bits per heavy atom. The van der Waals surface area contributed by atoms with E-state index in [4.69, 9.17) is 9.47 Å². The van der Waals surface area contributed by atoms with Crippen molar-refractivity contribution in [3.05, 3.63) is 65.7 Å². The molecule has 174 valence electrons. The van der Waals surface area contributed by atoms with E-state index in [1.165, 1.54) is 4.68 Å². The van der Waals surface area contributed by atoms with Crippen LogP contribution < -0.4 is 10.1 Å². The highest BCUT2D eigenvalue weighted by Gasteiger charge is 2.23. The quantitative estimate of drug-likeness (QED) is 0.523. The van der Waals surface area contributed by atoms with Gasteiger partial charge in [-0.05, 0) is 45.5 Å². The highest BCUT2D eigenvalue weighted by atomic mass is 16.5. The lowest BCUT2D eigenvalue weighted by molar-refractivity contribution is -0.121. The SMILES string of the molecule is CCC(NC(=O)OCc1ccccc1)C(=O)Cn1nnnc1Oc1cccc(C(C)(C)C)c1. The molecule has 9 nitrogen and oxygen atoms in total. The van der Waals surface area contributed by atoms with E-state index < -0.39 is 12.1 Å². The minimum absolute atomic E-state index is 0.0452. The van der Waals surface area contributed by atoms with E-state index in [1.807, 2.05) is 48.5 Å². The van der Waals surface area contributed by atoms with E-state index in [0.29, 0.717) is 12.2 Å². The number of amides is 1. The van der Waals surface area contributed by atoms with Crippen LogP contribution in [-0.2, 0) is 28.1 Å². The van der Waals surface area contributed by atoms with Crippen molar-refractivity contribution in [3.8, 4) is 11.8 Å². The number of carbonyl (C=O) groups is 2. The zero-order valence-corrected chi connectivity index (χ0v) is 19.3. The minimum Gasteiger partial charge on any atom is -0.445 e. The van der Waals surface area contributed by atoms with Crippen molar-refractivity contribution in [3.63, 3.8) is 0 Å². The van der Waals surface area contributed by atoms with Crippen molar-refractivity contribution in [1.82, 2.24) is 25.5 Å². The van der Waals surface area contributed by atoms with Gasteiger partial charge in [-0.1, -0.05) is 75.3 Å². The summed E-state index contributed by atoms with van der Waals surface area (Å²) in [6.45, 7) is 8.09. The second-order valence-corrected chi connectivity index (χ2v) is 8.63. The van der Waals surface area contributed by atoms with E-state index in [0.717, 1.165) is 11.1 Å². The molecule has 1 heterocycles. The van der Waals surface area contributed by atoms with Gasteiger partial charge in [0, 0.05) is 0 Å². The maximum atomic E-state index is 12.8. The van der Waals surface area contributed by atoms with Crippen LogP contribution in [0.4, 0.5) is 4.79 Å². The molecule has 0 aliphatic carbocycles. The molecule has 1 amide bonds. The number of ether oxygens (including phenoxy) is 2. The van der Waals surface area contributed by atoms with E-state index in [2.05, 4.69) is 41.6 Å². The molecule has 0 saturated heterocycles. The van der Waals surface area contributed by atoms with Crippen LogP contribution in [0.3, 0.4) is 0 Å². The molecule has 1 atom stereocenters. The predicted molar refractivity (Wildman–Crippen MR) is 122 cm³/mol. The first-order valence-electron chi connectivity index (χ1n) is 10.8. The van der Waals surface area contributed by atoms with Gasteiger partial charge < -0.3 is 14.8 Å². The fourth-order valence-corrected chi connectivity index (χ4v) is 3.08. The van der Waals surface area contributed by atoms with Gasteiger partial charge in [0.05, 0.1) is 6.04 Å². The summed E-state index contributed by atoms with van der Waals surface area (Å²) in [7, 11) is 0. The first kappa shape index (κ1) is 23.9. The topological polar surface area (TPSA) is 108 Å². The first-order chi connectivity index (χ1) is 15.8. The summed E-state index contributed by atoms with van der Waals surface area (Å²) in [5.41, 5.74) is 1.91. The molecule has 1 N–H and O–H groups in total. The zero-order chi connectivity index (χ0) is 23.8. The fraction of sp³-hybridized carbons (Fsp3) is 0.375. The summed E-state index contributed by atoms with van der Waals surface area (Å²) in [4.78, 5) is 25.0. The highest BCUT2D eigenvalue weighted by molar-refractivity contribution is 5.87. The maximum absolute atomic E-state index is 12.8. The minimum atomic E-state index is -0.741. The Morgan fingerprint density at radius 3 is 2.55 bits per heavy atom. The molecular formula is C24H29N5O4. The van der Waals surface area contributed by atoms with Gasteiger partial charge >= 0.3 is 12.1 Å². The van der Waals surface area contributed by atoms with Crippen LogP contribution >= 0.6 is 0 Å². The number of Topliss-reactive ketones (excluding diaryl/α,β-unsaturated/α-hetero) is 1. The summed E-state index contributed by atoms with van der Waals surface area (Å²) >= 11 is 0. The van der Waals surface area contributed by atoms with Crippen LogP contribution in [0.2, 0.25) is 0 Å². The van der Waals surface area contributed by atoms with Gasteiger partial charge in [-0.25, -0.2) is 4.79 Å². The Hall–Kier alpha value is -3.75. The van der Waals surface area contributed by atoms with Crippen LogP contribution in [-0.4, -0.2) is 38.1 Å². The number of hydrogen-bond acceptors (Lipinski definition) is 7. The number of alkyl carbamates (subject to hydrolysis) is 1. The Labute approximate surface area is 193 Å². The second-order valence-electron chi connectivity index (χ2n) is 8.63. The standard InChI is InChI=1S/C24H29N5O4/c1-5-20(25-23(31)32-16-17-10-7-6-8-11-17)21(30)15-29-22(26-27-28-29)33-19-13-9-12-18(14-19)24(2,3)4/h6-14,20H,5,15-16H2,1-4H3,(H,25,31). The number of rotatable bonds is 9. The molecule has 3 aromatic rings. The zero-order valence-electron chi connectivity index (χ0n) is 19.3.